The lowest BCUT2D eigenvalue weighted by molar-refractivity contribution is 0.0123. The minimum absolute atomic E-state index is 0.117. The SMILES string of the molecule is Cn1ncc(-c2cc3c(N4CC5CCC(C4)N5C(=O)OC(C)(C)C)ccnc3[nH]2)c1F. The van der Waals surface area contributed by atoms with Crippen molar-refractivity contribution in [3.63, 3.8) is 0 Å². The molecule has 2 unspecified atom stereocenters. The first-order valence-corrected chi connectivity index (χ1v) is 10.6. The van der Waals surface area contributed by atoms with Gasteiger partial charge in [-0.3, -0.25) is 4.90 Å². The molecule has 0 saturated carbocycles. The highest BCUT2D eigenvalue weighted by Crippen LogP contribution is 2.37. The summed E-state index contributed by atoms with van der Waals surface area (Å²) >= 11 is 0. The quantitative estimate of drug-likeness (QED) is 0.676. The molecule has 2 saturated heterocycles. The summed E-state index contributed by atoms with van der Waals surface area (Å²) in [4.78, 5) is 24.6. The zero-order valence-corrected chi connectivity index (χ0v) is 18.2. The second-order valence-corrected chi connectivity index (χ2v) is 9.43. The summed E-state index contributed by atoms with van der Waals surface area (Å²) in [6.45, 7) is 7.15. The van der Waals surface area contributed by atoms with Gasteiger partial charge in [0.05, 0.1) is 29.5 Å². The molecule has 0 aromatic carbocycles. The second kappa shape index (κ2) is 6.96. The third kappa shape index (κ3) is 3.41. The number of amides is 1. The number of anilines is 1. The van der Waals surface area contributed by atoms with E-state index in [1.165, 1.54) is 10.9 Å². The average Bonchev–Trinajstić information content (AvgIpc) is 3.34. The maximum Gasteiger partial charge on any atom is 0.410 e. The van der Waals surface area contributed by atoms with Crippen LogP contribution in [-0.2, 0) is 11.8 Å². The summed E-state index contributed by atoms with van der Waals surface area (Å²) in [6, 6.07) is 4.15. The predicted octanol–water partition coefficient (Wildman–Crippen LogP) is 3.69. The van der Waals surface area contributed by atoms with Crippen LogP contribution in [0.2, 0.25) is 0 Å². The molecule has 3 aromatic rings. The summed E-state index contributed by atoms with van der Waals surface area (Å²) in [5.41, 5.74) is 2.31. The Kier molecular flexibility index (Phi) is 4.46. The molecule has 164 valence electrons. The van der Waals surface area contributed by atoms with Gasteiger partial charge in [0.15, 0.2) is 0 Å². The first kappa shape index (κ1) is 19.8. The molecule has 31 heavy (non-hydrogen) atoms. The number of hydrogen-bond donors (Lipinski definition) is 1. The molecule has 1 N–H and O–H groups in total. The maximum atomic E-state index is 14.4. The highest BCUT2D eigenvalue weighted by Gasteiger charge is 2.44. The summed E-state index contributed by atoms with van der Waals surface area (Å²) in [6.07, 6.45) is 4.98. The van der Waals surface area contributed by atoms with Gasteiger partial charge in [-0.05, 0) is 45.7 Å². The van der Waals surface area contributed by atoms with E-state index in [4.69, 9.17) is 4.74 Å². The van der Waals surface area contributed by atoms with Gasteiger partial charge < -0.3 is 14.6 Å². The third-order valence-electron chi connectivity index (χ3n) is 6.09. The topological polar surface area (TPSA) is 79.3 Å². The number of rotatable bonds is 2. The first-order valence-electron chi connectivity index (χ1n) is 10.6. The number of aromatic nitrogens is 4. The lowest BCUT2D eigenvalue weighted by Gasteiger charge is -2.42. The number of aromatic amines is 1. The molecule has 2 aliphatic heterocycles. The van der Waals surface area contributed by atoms with Crippen LogP contribution in [0.3, 0.4) is 0 Å². The molecule has 2 aliphatic rings. The van der Waals surface area contributed by atoms with Crippen molar-refractivity contribution in [1.29, 1.82) is 0 Å². The minimum atomic E-state index is -0.506. The number of carbonyl (C=O) groups excluding carboxylic acids is 1. The number of nitrogens with one attached hydrogen (secondary N) is 1. The number of H-pyrrole nitrogens is 1. The molecule has 8 nitrogen and oxygen atoms in total. The molecule has 2 bridgehead atoms. The zero-order chi connectivity index (χ0) is 21.9. The van der Waals surface area contributed by atoms with Crippen LogP contribution >= 0.6 is 0 Å². The van der Waals surface area contributed by atoms with E-state index in [1.807, 2.05) is 37.8 Å². The minimum Gasteiger partial charge on any atom is -0.444 e. The van der Waals surface area contributed by atoms with Crippen LogP contribution in [0.25, 0.3) is 22.3 Å². The fourth-order valence-corrected chi connectivity index (χ4v) is 4.75. The predicted molar refractivity (Wildman–Crippen MR) is 115 cm³/mol. The summed E-state index contributed by atoms with van der Waals surface area (Å²) in [5, 5.41) is 4.93. The van der Waals surface area contributed by atoms with Gasteiger partial charge in [-0.25, -0.2) is 14.5 Å². The van der Waals surface area contributed by atoms with Crippen molar-refractivity contribution in [3.8, 4) is 11.3 Å². The molecule has 0 radical (unpaired) electrons. The molecule has 5 heterocycles. The van der Waals surface area contributed by atoms with Gasteiger partial charge in [0.25, 0.3) is 0 Å². The zero-order valence-electron chi connectivity index (χ0n) is 18.2. The number of piperazine rings is 1. The fraction of sp³-hybridized carbons (Fsp3) is 0.500. The second-order valence-electron chi connectivity index (χ2n) is 9.43. The van der Waals surface area contributed by atoms with E-state index in [0.29, 0.717) is 16.9 Å². The highest BCUT2D eigenvalue weighted by molar-refractivity contribution is 5.94. The van der Waals surface area contributed by atoms with Gasteiger partial charge >= 0.3 is 6.09 Å². The molecule has 5 rings (SSSR count). The average molecular weight is 426 g/mol. The lowest BCUT2D eigenvalue weighted by Crippen LogP contribution is -2.56. The summed E-state index contributed by atoms with van der Waals surface area (Å²) in [5.74, 6) is -0.392. The van der Waals surface area contributed by atoms with Crippen molar-refractivity contribution in [1.82, 2.24) is 24.6 Å². The van der Waals surface area contributed by atoms with Crippen molar-refractivity contribution in [2.24, 2.45) is 7.05 Å². The van der Waals surface area contributed by atoms with Crippen LogP contribution in [0.15, 0.2) is 24.5 Å². The van der Waals surface area contributed by atoms with Crippen LogP contribution in [0.5, 0.6) is 0 Å². The number of aryl methyl sites for hydroxylation is 1. The van der Waals surface area contributed by atoms with Crippen LogP contribution in [0, 0.1) is 5.95 Å². The summed E-state index contributed by atoms with van der Waals surface area (Å²) < 4.78 is 21.2. The largest absolute Gasteiger partial charge is 0.444 e. The van der Waals surface area contributed by atoms with Gasteiger partial charge in [-0.1, -0.05) is 0 Å². The van der Waals surface area contributed by atoms with Crippen LogP contribution in [0.1, 0.15) is 33.6 Å². The van der Waals surface area contributed by atoms with E-state index in [9.17, 15) is 9.18 Å². The number of nitrogens with zero attached hydrogens (tertiary/aromatic N) is 5. The van der Waals surface area contributed by atoms with Crippen molar-refractivity contribution >= 4 is 22.8 Å². The summed E-state index contributed by atoms with van der Waals surface area (Å²) in [7, 11) is 1.57. The van der Waals surface area contributed by atoms with Gasteiger partial charge in [-0.15, -0.1) is 0 Å². The van der Waals surface area contributed by atoms with Crippen molar-refractivity contribution < 1.29 is 13.9 Å². The third-order valence-corrected chi connectivity index (χ3v) is 6.09. The number of ether oxygens (including phenoxy) is 1. The number of carbonyl (C=O) groups is 1. The maximum absolute atomic E-state index is 14.4. The first-order chi connectivity index (χ1) is 14.7. The molecule has 2 fully saturated rings. The van der Waals surface area contributed by atoms with Crippen LogP contribution < -0.4 is 4.90 Å². The number of pyridine rings is 1. The van der Waals surface area contributed by atoms with Gasteiger partial charge in [0.1, 0.15) is 11.2 Å². The number of fused-ring (bicyclic) bond motifs is 3. The highest BCUT2D eigenvalue weighted by atomic mass is 19.1. The molecular formula is C22H27FN6O2. The van der Waals surface area contributed by atoms with E-state index >= 15 is 0 Å². The monoisotopic (exact) mass is 426 g/mol. The van der Waals surface area contributed by atoms with E-state index in [0.717, 1.165) is 37.0 Å². The van der Waals surface area contributed by atoms with Crippen LogP contribution in [-0.4, -0.2) is 61.5 Å². The number of hydrogen-bond acceptors (Lipinski definition) is 5. The Morgan fingerprint density at radius 2 is 1.97 bits per heavy atom. The Hall–Kier alpha value is -3.10. The van der Waals surface area contributed by atoms with Crippen molar-refractivity contribution in [2.45, 2.75) is 51.3 Å². The van der Waals surface area contributed by atoms with E-state index < -0.39 is 11.5 Å². The van der Waals surface area contributed by atoms with E-state index in [2.05, 4.69) is 20.0 Å². The van der Waals surface area contributed by atoms with Gasteiger partial charge in [0.2, 0.25) is 5.95 Å². The molecule has 2 atom stereocenters. The Morgan fingerprint density at radius 3 is 2.58 bits per heavy atom. The van der Waals surface area contributed by atoms with Gasteiger partial charge in [0, 0.05) is 37.4 Å². The van der Waals surface area contributed by atoms with Crippen molar-refractivity contribution in [2.75, 3.05) is 18.0 Å². The Balaban J connectivity index is 1.44. The molecule has 1 amide bonds. The van der Waals surface area contributed by atoms with Crippen molar-refractivity contribution in [3.05, 3.63) is 30.5 Å². The fourth-order valence-electron chi connectivity index (χ4n) is 4.75. The Bertz CT molecular complexity index is 1130. The lowest BCUT2D eigenvalue weighted by atomic mass is 10.1. The van der Waals surface area contributed by atoms with E-state index in [-0.39, 0.29) is 18.2 Å². The van der Waals surface area contributed by atoms with Gasteiger partial charge in [-0.2, -0.15) is 9.49 Å². The Morgan fingerprint density at radius 1 is 1.26 bits per heavy atom. The molecular weight excluding hydrogens is 399 g/mol. The van der Waals surface area contributed by atoms with Crippen LogP contribution in [0.4, 0.5) is 14.9 Å². The molecule has 9 heteroatoms. The Labute approximate surface area is 180 Å². The number of halogens is 1. The molecule has 0 spiro atoms. The standard InChI is InChI=1S/C22H27FN6O2/c1-22(2,3)31-21(30)29-13-5-6-14(29)12-28(11-13)18-7-8-24-20-15(18)9-17(26-20)16-10-25-27(4)19(16)23/h7-10,13-14H,5-6,11-12H2,1-4H3,(H,24,26). The normalized spacial score (nSPS) is 21.2. The molecule has 3 aromatic heterocycles. The molecule has 0 aliphatic carbocycles. The smallest absolute Gasteiger partial charge is 0.410 e. The van der Waals surface area contributed by atoms with E-state index in [1.54, 1.807) is 13.2 Å².